The monoisotopic (exact) mass is 293 g/mol. The normalized spacial score (nSPS) is 22.5. The van der Waals surface area contributed by atoms with Crippen molar-refractivity contribution in [3.63, 3.8) is 0 Å². The van der Waals surface area contributed by atoms with Crippen LogP contribution in [0, 0.1) is 11.8 Å². The van der Waals surface area contributed by atoms with Gasteiger partial charge in [-0.2, -0.15) is 0 Å². The fourth-order valence-electron chi connectivity index (χ4n) is 2.84. The van der Waals surface area contributed by atoms with Crippen LogP contribution in [0.1, 0.15) is 44.6 Å². The zero-order chi connectivity index (χ0) is 14.4. The minimum atomic E-state index is 0.186. The van der Waals surface area contributed by atoms with Crippen molar-refractivity contribution in [2.75, 3.05) is 11.2 Å². The van der Waals surface area contributed by atoms with Crippen LogP contribution in [0.5, 0.6) is 0 Å². The molecule has 0 atom stereocenters. The van der Waals surface area contributed by atoms with Crippen molar-refractivity contribution in [1.82, 2.24) is 0 Å². The van der Waals surface area contributed by atoms with E-state index in [1.54, 1.807) is 0 Å². The Morgan fingerprint density at radius 3 is 2.75 bits per heavy atom. The van der Waals surface area contributed by atoms with Gasteiger partial charge in [0.05, 0.1) is 0 Å². The lowest BCUT2D eigenvalue weighted by molar-refractivity contribution is -0.121. The van der Waals surface area contributed by atoms with E-state index in [0.29, 0.717) is 5.88 Å². The third kappa shape index (κ3) is 4.52. The molecule has 0 aromatic heterocycles. The van der Waals surface area contributed by atoms with Crippen molar-refractivity contribution < 1.29 is 4.79 Å². The molecule has 0 radical (unpaired) electrons. The fraction of sp³-hybridized carbons (Fsp3) is 0.588. The summed E-state index contributed by atoms with van der Waals surface area (Å²) in [4.78, 5) is 12.3. The van der Waals surface area contributed by atoms with E-state index in [4.69, 9.17) is 11.6 Å². The number of hydrogen-bond acceptors (Lipinski definition) is 1. The molecule has 1 aromatic carbocycles. The lowest BCUT2D eigenvalue weighted by Gasteiger charge is -2.25. The number of nitrogens with one attached hydrogen (secondary N) is 1. The summed E-state index contributed by atoms with van der Waals surface area (Å²) < 4.78 is 0. The van der Waals surface area contributed by atoms with Gasteiger partial charge < -0.3 is 5.32 Å². The minimum absolute atomic E-state index is 0.186. The largest absolute Gasteiger partial charge is 0.326 e. The number of alkyl halides is 1. The molecule has 1 amide bonds. The molecule has 1 N–H and O–H groups in total. The van der Waals surface area contributed by atoms with Gasteiger partial charge in [0.2, 0.25) is 5.91 Å². The van der Waals surface area contributed by atoms with Gasteiger partial charge in [0.15, 0.2) is 0 Å². The summed E-state index contributed by atoms with van der Waals surface area (Å²) in [5.41, 5.74) is 2.15. The van der Waals surface area contributed by atoms with E-state index < -0.39 is 0 Å². The molecule has 0 spiro atoms. The number of benzene rings is 1. The van der Waals surface area contributed by atoms with Crippen LogP contribution in [-0.4, -0.2) is 11.8 Å². The Morgan fingerprint density at radius 2 is 2.05 bits per heavy atom. The van der Waals surface area contributed by atoms with E-state index in [-0.39, 0.29) is 11.8 Å². The van der Waals surface area contributed by atoms with Crippen molar-refractivity contribution in [3.05, 3.63) is 29.8 Å². The van der Waals surface area contributed by atoms with Crippen molar-refractivity contribution >= 4 is 23.2 Å². The van der Waals surface area contributed by atoms with Gasteiger partial charge in [0, 0.05) is 17.5 Å². The molecule has 1 fully saturated rings. The average molecular weight is 294 g/mol. The zero-order valence-electron chi connectivity index (χ0n) is 12.2. The van der Waals surface area contributed by atoms with Crippen molar-refractivity contribution in [2.45, 2.75) is 45.4 Å². The SMILES string of the molecule is CC1CCC(C(=O)Nc2cccc(CCCCl)c2)CC1. The minimum Gasteiger partial charge on any atom is -0.326 e. The van der Waals surface area contributed by atoms with Crippen LogP contribution in [0.25, 0.3) is 0 Å². The fourth-order valence-corrected chi connectivity index (χ4v) is 2.98. The quantitative estimate of drug-likeness (QED) is 0.788. The first-order chi connectivity index (χ1) is 9.69. The number of amides is 1. The van der Waals surface area contributed by atoms with Crippen LogP contribution in [0.2, 0.25) is 0 Å². The average Bonchev–Trinajstić information content (AvgIpc) is 2.46. The van der Waals surface area contributed by atoms with Crippen LogP contribution >= 0.6 is 11.6 Å². The van der Waals surface area contributed by atoms with E-state index in [0.717, 1.165) is 37.3 Å². The second-order valence-corrected chi connectivity index (χ2v) is 6.32. The summed E-state index contributed by atoms with van der Waals surface area (Å²) in [6, 6.07) is 8.12. The molecule has 0 unspecified atom stereocenters. The summed E-state index contributed by atoms with van der Waals surface area (Å²) in [6.45, 7) is 2.27. The summed E-state index contributed by atoms with van der Waals surface area (Å²) in [5, 5.41) is 3.07. The second-order valence-electron chi connectivity index (χ2n) is 5.94. The van der Waals surface area contributed by atoms with Crippen LogP contribution < -0.4 is 5.32 Å². The smallest absolute Gasteiger partial charge is 0.227 e. The van der Waals surface area contributed by atoms with E-state index in [2.05, 4.69) is 24.4 Å². The molecule has 2 nitrogen and oxygen atoms in total. The summed E-state index contributed by atoms with van der Waals surface area (Å²) in [7, 11) is 0. The molecule has 1 aliphatic rings. The van der Waals surface area contributed by atoms with Crippen molar-refractivity contribution in [3.8, 4) is 0 Å². The highest BCUT2D eigenvalue weighted by Crippen LogP contribution is 2.29. The molecule has 1 aliphatic carbocycles. The Kier molecular flexibility index (Phi) is 5.90. The van der Waals surface area contributed by atoms with Crippen LogP contribution in [-0.2, 0) is 11.2 Å². The molecule has 1 aromatic rings. The first-order valence-electron chi connectivity index (χ1n) is 7.65. The van der Waals surface area contributed by atoms with Gasteiger partial charge in [0.25, 0.3) is 0 Å². The standard InChI is InChI=1S/C17H24ClNO/c1-13-7-9-15(10-8-13)17(20)19-16-6-2-4-14(12-16)5-3-11-18/h2,4,6,12-13,15H,3,5,7-11H2,1H3,(H,19,20). The lowest BCUT2D eigenvalue weighted by atomic mass is 9.82. The molecule has 0 bridgehead atoms. The maximum absolute atomic E-state index is 12.3. The predicted molar refractivity (Wildman–Crippen MR) is 85.2 cm³/mol. The van der Waals surface area contributed by atoms with Gasteiger partial charge in [-0.25, -0.2) is 0 Å². The highest BCUT2D eigenvalue weighted by Gasteiger charge is 2.24. The summed E-state index contributed by atoms with van der Waals surface area (Å²) >= 11 is 5.72. The Hall–Kier alpha value is -1.02. The van der Waals surface area contributed by atoms with Gasteiger partial charge in [0.1, 0.15) is 0 Å². The molecule has 0 aliphatic heterocycles. The van der Waals surface area contributed by atoms with Gasteiger partial charge >= 0.3 is 0 Å². The number of carbonyl (C=O) groups is 1. The Morgan fingerprint density at radius 1 is 1.30 bits per heavy atom. The highest BCUT2D eigenvalue weighted by molar-refractivity contribution is 6.17. The zero-order valence-corrected chi connectivity index (χ0v) is 13.0. The maximum Gasteiger partial charge on any atom is 0.227 e. The summed E-state index contributed by atoms with van der Waals surface area (Å²) in [5.74, 6) is 1.83. The van der Waals surface area contributed by atoms with Crippen LogP contribution in [0.3, 0.4) is 0 Å². The Balaban J connectivity index is 1.90. The lowest BCUT2D eigenvalue weighted by Crippen LogP contribution is -2.26. The number of rotatable bonds is 5. The summed E-state index contributed by atoms with van der Waals surface area (Å²) in [6.07, 6.45) is 6.34. The molecule has 1 saturated carbocycles. The maximum atomic E-state index is 12.3. The number of hydrogen-bond donors (Lipinski definition) is 1. The molecular formula is C17H24ClNO. The van der Waals surface area contributed by atoms with Gasteiger partial charge in [-0.05, 0) is 62.1 Å². The van der Waals surface area contributed by atoms with E-state index in [1.165, 1.54) is 18.4 Å². The molecule has 110 valence electrons. The number of carbonyl (C=O) groups excluding carboxylic acids is 1. The molecular weight excluding hydrogens is 270 g/mol. The predicted octanol–water partition coefficient (Wildman–Crippen LogP) is 4.62. The molecule has 3 heteroatoms. The number of anilines is 1. The number of aryl methyl sites for hydroxylation is 1. The van der Waals surface area contributed by atoms with E-state index >= 15 is 0 Å². The van der Waals surface area contributed by atoms with Crippen LogP contribution in [0.15, 0.2) is 24.3 Å². The first-order valence-corrected chi connectivity index (χ1v) is 8.18. The molecule has 0 heterocycles. The van der Waals surface area contributed by atoms with Crippen molar-refractivity contribution in [2.24, 2.45) is 11.8 Å². The Bertz CT molecular complexity index is 438. The van der Waals surface area contributed by atoms with Gasteiger partial charge in [-0.3, -0.25) is 4.79 Å². The van der Waals surface area contributed by atoms with Gasteiger partial charge in [-0.15, -0.1) is 11.6 Å². The van der Waals surface area contributed by atoms with E-state index in [9.17, 15) is 4.79 Å². The van der Waals surface area contributed by atoms with Crippen LogP contribution in [0.4, 0.5) is 5.69 Å². The first kappa shape index (κ1) is 15.4. The van der Waals surface area contributed by atoms with Gasteiger partial charge in [-0.1, -0.05) is 19.1 Å². The van der Waals surface area contributed by atoms with Crippen molar-refractivity contribution in [1.29, 1.82) is 0 Å². The Labute approximate surface area is 126 Å². The van der Waals surface area contributed by atoms with E-state index in [1.807, 2.05) is 12.1 Å². The topological polar surface area (TPSA) is 29.1 Å². The molecule has 20 heavy (non-hydrogen) atoms. The highest BCUT2D eigenvalue weighted by atomic mass is 35.5. The number of halogens is 1. The third-order valence-corrected chi connectivity index (χ3v) is 4.45. The molecule has 2 rings (SSSR count). The third-order valence-electron chi connectivity index (χ3n) is 4.18. The molecule has 0 saturated heterocycles. The second kappa shape index (κ2) is 7.68.